The number of rotatable bonds is 0. The van der Waals surface area contributed by atoms with E-state index in [1.165, 1.54) is 16.3 Å². The Kier molecular flexibility index (Phi) is 7.01. The SMILES string of the molecule is Brc1[nH]c2ccccc2c1Br.O=P(O)(O)O.c1ccc2[nH]ccc2c1. The molecule has 0 atom stereocenters. The van der Waals surface area contributed by atoms with Crippen LogP contribution in [0.25, 0.3) is 21.8 Å². The third-order valence-electron chi connectivity index (χ3n) is 3.06. The number of phosphoric acid groups is 1. The van der Waals surface area contributed by atoms with Crippen molar-refractivity contribution in [1.29, 1.82) is 0 Å². The Labute approximate surface area is 160 Å². The van der Waals surface area contributed by atoms with Crippen molar-refractivity contribution in [2.45, 2.75) is 0 Å². The molecule has 6 nitrogen and oxygen atoms in total. The molecule has 0 fully saturated rings. The van der Waals surface area contributed by atoms with Gasteiger partial charge in [-0.05, 0) is 55.4 Å². The average Bonchev–Trinajstić information content (AvgIpc) is 3.12. The molecule has 0 saturated heterocycles. The number of aromatic amines is 2. The van der Waals surface area contributed by atoms with Gasteiger partial charge < -0.3 is 24.6 Å². The Morgan fingerprint density at radius 3 is 2.00 bits per heavy atom. The average molecular weight is 490 g/mol. The Balaban J connectivity index is 0.000000146. The lowest BCUT2D eigenvalue weighted by Gasteiger charge is -1.85. The van der Waals surface area contributed by atoms with E-state index in [1.54, 1.807) is 0 Å². The van der Waals surface area contributed by atoms with E-state index in [1.807, 2.05) is 36.5 Å². The molecule has 0 aliphatic carbocycles. The summed E-state index contributed by atoms with van der Waals surface area (Å²) in [5, 5.41) is 2.48. The minimum absolute atomic E-state index is 0.999. The molecule has 4 rings (SSSR count). The summed E-state index contributed by atoms with van der Waals surface area (Å²) in [5.74, 6) is 0. The van der Waals surface area contributed by atoms with Gasteiger partial charge in [0.2, 0.25) is 0 Å². The number of halogens is 2. The highest BCUT2D eigenvalue weighted by Gasteiger charge is 2.03. The summed E-state index contributed by atoms with van der Waals surface area (Å²) in [7, 11) is -4.64. The van der Waals surface area contributed by atoms with Crippen molar-refractivity contribution in [3.8, 4) is 0 Å². The zero-order chi connectivity index (χ0) is 18.4. The number of hydrogen-bond acceptors (Lipinski definition) is 1. The van der Waals surface area contributed by atoms with Crippen LogP contribution < -0.4 is 0 Å². The van der Waals surface area contributed by atoms with Crippen molar-refractivity contribution < 1.29 is 19.2 Å². The molecule has 0 unspecified atom stereocenters. The molecule has 0 bridgehead atoms. The molecule has 132 valence electrons. The Morgan fingerprint density at radius 2 is 1.40 bits per heavy atom. The van der Waals surface area contributed by atoms with Gasteiger partial charge in [-0.3, -0.25) is 0 Å². The normalized spacial score (nSPS) is 10.8. The summed E-state index contributed by atoms with van der Waals surface area (Å²) in [6.45, 7) is 0. The van der Waals surface area contributed by atoms with Gasteiger partial charge in [-0.15, -0.1) is 0 Å². The van der Waals surface area contributed by atoms with Gasteiger partial charge in [0.05, 0.1) is 9.08 Å². The van der Waals surface area contributed by atoms with E-state index in [9.17, 15) is 0 Å². The number of nitrogens with one attached hydrogen (secondary N) is 2. The van der Waals surface area contributed by atoms with Gasteiger partial charge in [0, 0.05) is 22.6 Å². The molecular formula is C16H15Br2N2O4P. The lowest BCUT2D eigenvalue weighted by Crippen LogP contribution is -1.66. The lowest BCUT2D eigenvalue weighted by molar-refractivity contribution is 0.275. The van der Waals surface area contributed by atoms with E-state index in [4.69, 9.17) is 19.2 Å². The molecule has 9 heteroatoms. The summed E-state index contributed by atoms with van der Waals surface area (Å²) >= 11 is 6.88. The van der Waals surface area contributed by atoms with E-state index in [0.717, 1.165) is 14.6 Å². The van der Waals surface area contributed by atoms with Crippen molar-refractivity contribution in [3.63, 3.8) is 0 Å². The largest absolute Gasteiger partial charge is 0.466 e. The standard InChI is InChI=1S/C8H5Br2N.C8H7N.H3O4P/c9-7-5-3-1-2-4-6(5)11-8(7)10;1-2-4-8-7(3-1)5-6-9-8;1-5(2,3)4/h1-4,11H;1-6,9H;(H3,1,2,3,4). The minimum Gasteiger partial charge on any atom is -0.361 e. The first-order valence-electron chi connectivity index (χ1n) is 6.98. The Morgan fingerprint density at radius 1 is 0.840 bits per heavy atom. The zero-order valence-corrected chi connectivity index (χ0v) is 16.8. The molecule has 0 aliphatic rings. The van der Waals surface area contributed by atoms with Gasteiger partial charge in [0.25, 0.3) is 0 Å². The van der Waals surface area contributed by atoms with Crippen molar-refractivity contribution in [3.05, 3.63) is 69.9 Å². The van der Waals surface area contributed by atoms with E-state index in [2.05, 4.69) is 66.1 Å². The molecule has 0 amide bonds. The van der Waals surface area contributed by atoms with E-state index < -0.39 is 7.82 Å². The van der Waals surface area contributed by atoms with Gasteiger partial charge >= 0.3 is 7.82 Å². The van der Waals surface area contributed by atoms with Crippen molar-refractivity contribution in [2.75, 3.05) is 0 Å². The fourth-order valence-electron chi connectivity index (χ4n) is 2.07. The van der Waals surface area contributed by atoms with Gasteiger partial charge in [-0.2, -0.15) is 0 Å². The van der Waals surface area contributed by atoms with Crippen molar-refractivity contribution >= 4 is 61.5 Å². The molecule has 2 aromatic carbocycles. The highest BCUT2D eigenvalue weighted by Crippen LogP contribution is 2.30. The molecule has 5 N–H and O–H groups in total. The number of fused-ring (bicyclic) bond motifs is 2. The van der Waals surface area contributed by atoms with Gasteiger partial charge in [0.1, 0.15) is 0 Å². The van der Waals surface area contributed by atoms with Crippen LogP contribution in [0.5, 0.6) is 0 Å². The van der Waals surface area contributed by atoms with Crippen molar-refractivity contribution in [1.82, 2.24) is 9.97 Å². The zero-order valence-electron chi connectivity index (χ0n) is 12.7. The first-order valence-corrected chi connectivity index (χ1v) is 10.1. The van der Waals surface area contributed by atoms with Gasteiger partial charge in [-0.25, -0.2) is 4.57 Å². The smallest absolute Gasteiger partial charge is 0.361 e. The molecule has 0 radical (unpaired) electrons. The Bertz CT molecular complexity index is 971. The number of aromatic nitrogens is 2. The molecule has 4 aromatic rings. The Hall–Kier alpha value is -1.41. The number of hydrogen-bond donors (Lipinski definition) is 5. The fraction of sp³-hybridized carbons (Fsp3) is 0. The molecular weight excluding hydrogens is 475 g/mol. The molecule has 0 saturated carbocycles. The first-order chi connectivity index (χ1) is 11.8. The van der Waals surface area contributed by atoms with Crippen LogP contribution in [0.1, 0.15) is 0 Å². The van der Waals surface area contributed by atoms with E-state index >= 15 is 0 Å². The van der Waals surface area contributed by atoms with Crippen LogP contribution in [0, 0.1) is 0 Å². The fourth-order valence-corrected chi connectivity index (χ4v) is 2.94. The van der Waals surface area contributed by atoms with Crippen LogP contribution in [0.3, 0.4) is 0 Å². The number of benzene rings is 2. The lowest BCUT2D eigenvalue weighted by atomic mass is 10.3. The first kappa shape index (κ1) is 19.9. The summed E-state index contributed by atoms with van der Waals surface area (Å²) in [4.78, 5) is 27.9. The predicted molar refractivity (Wildman–Crippen MR) is 106 cm³/mol. The molecule has 0 spiro atoms. The molecule has 2 aromatic heterocycles. The molecule has 2 heterocycles. The highest BCUT2D eigenvalue weighted by molar-refractivity contribution is 9.13. The van der Waals surface area contributed by atoms with Crippen LogP contribution in [0.4, 0.5) is 0 Å². The second kappa shape index (κ2) is 8.80. The summed E-state index contributed by atoms with van der Waals surface area (Å²) in [5.41, 5.74) is 2.35. The van der Waals surface area contributed by atoms with Crippen molar-refractivity contribution in [2.24, 2.45) is 0 Å². The third-order valence-corrected chi connectivity index (χ3v) is 5.01. The summed E-state index contributed by atoms with van der Waals surface area (Å²) in [6.07, 6.45) is 1.95. The van der Waals surface area contributed by atoms with Crippen LogP contribution in [-0.2, 0) is 4.57 Å². The predicted octanol–water partition coefficient (Wildman–Crippen LogP) is 4.93. The second-order valence-corrected chi connectivity index (χ2v) is 7.49. The highest BCUT2D eigenvalue weighted by atomic mass is 79.9. The third kappa shape index (κ3) is 6.43. The van der Waals surface area contributed by atoms with Crippen LogP contribution >= 0.6 is 39.7 Å². The second-order valence-electron chi connectivity index (χ2n) is 4.88. The van der Waals surface area contributed by atoms with Gasteiger partial charge in [0.15, 0.2) is 0 Å². The topological polar surface area (TPSA) is 109 Å². The number of para-hydroxylation sites is 2. The molecule has 25 heavy (non-hydrogen) atoms. The van der Waals surface area contributed by atoms with E-state index in [-0.39, 0.29) is 0 Å². The maximum atomic E-state index is 8.88. The maximum Gasteiger partial charge on any atom is 0.466 e. The van der Waals surface area contributed by atoms with E-state index in [0.29, 0.717) is 0 Å². The molecule has 0 aliphatic heterocycles. The van der Waals surface area contributed by atoms with Gasteiger partial charge in [-0.1, -0.05) is 36.4 Å². The van der Waals surface area contributed by atoms with Crippen LogP contribution in [0.15, 0.2) is 69.9 Å². The number of H-pyrrole nitrogens is 2. The quantitative estimate of drug-likeness (QED) is 0.225. The monoisotopic (exact) mass is 488 g/mol. The summed E-state index contributed by atoms with van der Waals surface area (Å²) in [6, 6.07) is 18.4. The maximum absolute atomic E-state index is 8.88. The van der Waals surface area contributed by atoms with Crippen LogP contribution in [-0.4, -0.2) is 24.6 Å². The summed E-state index contributed by atoms with van der Waals surface area (Å²) < 4.78 is 11.0. The van der Waals surface area contributed by atoms with Crippen LogP contribution in [0.2, 0.25) is 0 Å². The minimum atomic E-state index is -4.64.